The molecule has 0 saturated heterocycles. The van der Waals surface area contributed by atoms with Gasteiger partial charge in [-0.05, 0) is 46.1 Å². The zero-order valence-corrected chi connectivity index (χ0v) is 12.1. The fourth-order valence-electron chi connectivity index (χ4n) is 2.01. The Kier molecular flexibility index (Phi) is 7.96. The van der Waals surface area contributed by atoms with E-state index < -0.39 is 0 Å². The third kappa shape index (κ3) is 8.02. The lowest BCUT2D eigenvalue weighted by Gasteiger charge is -2.32. The van der Waals surface area contributed by atoms with Crippen LogP contribution in [0.25, 0.3) is 0 Å². The summed E-state index contributed by atoms with van der Waals surface area (Å²) in [5.41, 5.74) is 5.26. The van der Waals surface area contributed by atoms with Crippen molar-refractivity contribution in [1.29, 1.82) is 5.41 Å². The Bertz CT molecular complexity index is 213. The lowest BCUT2D eigenvalue weighted by molar-refractivity contribution is 0.161. The van der Waals surface area contributed by atoms with Crippen LogP contribution in [0.1, 0.15) is 47.0 Å². The van der Waals surface area contributed by atoms with Crippen molar-refractivity contribution < 1.29 is 0 Å². The first-order chi connectivity index (χ1) is 7.84. The van der Waals surface area contributed by atoms with Crippen LogP contribution in [0, 0.1) is 11.3 Å². The molecule has 17 heavy (non-hydrogen) atoms. The summed E-state index contributed by atoms with van der Waals surface area (Å²) in [5, 5.41) is 9.97. The summed E-state index contributed by atoms with van der Waals surface area (Å²) < 4.78 is 0. The van der Waals surface area contributed by atoms with Gasteiger partial charge in [-0.25, -0.2) is 0 Å². The van der Waals surface area contributed by atoms with Crippen molar-refractivity contribution in [3.8, 4) is 0 Å². The standard InChI is InChI=1S/C13H30N4/c1-10(2)9-12(17(5)11(3)4)7-6-8-16-13(14)15/h10-12H,6-9H2,1-5H3,(H4,14,15,16)/t12-/m0/s1. The maximum absolute atomic E-state index is 7.10. The Morgan fingerprint density at radius 1 is 1.29 bits per heavy atom. The molecule has 4 heteroatoms. The van der Waals surface area contributed by atoms with Crippen LogP contribution in [-0.4, -0.2) is 36.5 Å². The second-order valence-electron chi connectivity index (χ2n) is 5.53. The van der Waals surface area contributed by atoms with Crippen molar-refractivity contribution in [2.24, 2.45) is 11.7 Å². The van der Waals surface area contributed by atoms with Crippen LogP contribution in [0.2, 0.25) is 0 Å². The molecule has 0 aliphatic carbocycles. The molecule has 4 N–H and O–H groups in total. The van der Waals surface area contributed by atoms with E-state index in [4.69, 9.17) is 11.1 Å². The summed E-state index contributed by atoms with van der Waals surface area (Å²) >= 11 is 0. The van der Waals surface area contributed by atoms with E-state index in [1.807, 2.05) is 0 Å². The van der Waals surface area contributed by atoms with E-state index in [-0.39, 0.29) is 5.96 Å². The van der Waals surface area contributed by atoms with Gasteiger partial charge in [-0.2, -0.15) is 0 Å². The fraction of sp³-hybridized carbons (Fsp3) is 0.923. The van der Waals surface area contributed by atoms with Crippen molar-refractivity contribution in [3.05, 3.63) is 0 Å². The van der Waals surface area contributed by atoms with Crippen LogP contribution in [0.15, 0.2) is 0 Å². The molecular weight excluding hydrogens is 212 g/mol. The van der Waals surface area contributed by atoms with Gasteiger partial charge in [0.25, 0.3) is 0 Å². The van der Waals surface area contributed by atoms with Gasteiger partial charge in [0.2, 0.25) is 0 Å². The third-order valence-corrected chi connectivity index (χ3v) is 3.16. The van der Waals surface area contributed by atoms with Gasteiger partial charge in [-0.15, -0.1) is 0 Å². The Morgan fingerprint density at radius 2 is 1.88 bits per heavy atom. The number of nitrogens with two attached hydrogens (primary N) is 1. The van der Waals surface area contributed by atoms with Crippen molar-refractivity contribution >= 4 is 5.96 Å². The third-order valence-electron chi connectivity index (χ3n) is 3.16. The first kappa shape index (κ1) is 16.2. The number of rotatable bonds is 8. The highest BCUT2D eigenvalue weighted by Crippen LogP contribution is 2.17. The minimum atomic E-state index is 0.0719. The number of hydrogen-bond donors (Lipinski definition) is 3. The molecule has 0 aromatic carbocycles. The molecule has 0 aromatic heterocycles. The first-order valence-corrected chi connectivity index (χ1v) is 6.64. The van der Waals surface area contributed by atoms with E-state index in [1.165, 1.54) is 6.42 Å². The Morgan fingerprint density at radius 3 is 2.29 bits per heavy atom. The molecular formula is C13H30N4. The van der Waals surface area contributed by atoms with Crippen LogP contribution in [-0.2, 0) is 0 Å². The minimum Gasteiger partial charge on any atom is -0.370 e. The monoisotopic (exact) mass is 242 g/mol. The molecule has 0 aromatic rings. The van der Waals surface area contributed by atoms with Crippen LogP contribution in [0.4, 0.5) is 0 Å². The molecule has 1 atom stereocenters. The maximum Gasteiger partial charge on any atom is 0.185 e. The largest absolute Gasteiger partial charge is 0.370 e. The van der Waals surface area contributed by atoms with Crippen LogP contribution in [0.5, 0.6) is 0 Å². The van der Waals surface area contributed by atoms with Crippen molar-refractivity contribution in [2.45, 2.75) is 59.0 Å². The average Bonchev–Trinajstić information content (AvgIpc) is 2.20. The number of nitrogens with zero attached hydrogens (tertiary/aromatic N) is 1. The van der Waals surface area contributed by atoms with E-state index in [9.17, 15) is 0 Å². The molecule has 0 radical (unpaired) electrons. The molecule has 0 heterocycles. The van der Waals surface area contributed by atoms with Gasteiger partial charge < -0.3 is 16.0 Å². The van der Waals surface area contributed by atoms with Gasteiger partial charge >= 0.3 is 0 Å². The number of hydrogen-bond acceptors (Lipinski definition) is 2. The summed E-state index contributed by atoms with van der Waals surface area (Å²) in [5.74, 6) is 0.796. The van der Waals surface area contributed by atoms with Crippen molar-refractivity contribution in [1.82, 2.24) is 10.2 Å². The fourth-order valence-corrected chi connectivity index (χ4v) is 2.01. The van der Waals surface area contributed by atoms with Gasteiger partial charge in [0.15, 0.2) is 5.96 Å². The Labute approximate surface area is 106 Å². The van der Waals surface area contributed by atoms with Crippen molar-refractivity contribution in [2.75, 3.05) is 13.6 Å². The molecule has 0 fully saturated rings. The number of guanidine groups is 1. The van der Waals surface area contributed by atoms with Crippen LogP contribution < -0.4 is 11.1 Å². The smallest absolute Gasteiger partial charge is 0.185 e. The van der Waals surface area contributed by atoms with E-state index in [1.54, 1.807) is 0 Å². The van der Waals surface area contributed by atoms with E-state index >= 15 is 0 Å². The van der Waals surface area contributed by atoms with Crippen LogP contribution >= 0.6 is 0 Å². The summed E-state index contributed by atoms with van der Waals surface area (Å²) in [7, 11) is 2.20. The second kappa shape index (κ2) is 8.34. The van der Waals surface area contributed by atoms with Crippen LogP contribution in [0.3, 0.4) is 0 Å². The zero-order chi connectivity index (χ0) is 13.4. The topological polar surface area (TPSA) is 65.1 Å². The summed E-state index contributed by atoms with van der Waals surface area (Å²) in [6.07, 6.45) is 3.45. The zero-order valence-electron chi connectivity index (χ0n) is 12.1. The average molecular weight is 242 g/mol. The summed E-state index contributed by atoms with van der Waals surface area (Å²) in [4.78, 5) is 2.45. The molecule has 0 aliphatic rings. The molecule has 0 rings (SSSR count). The van der Waals surface area contributed by atoms with E-state index in [0.29, 0.717) is 12.1 Å². The quantitative estimate of drug-likeness (QED) is 0.346. The molecule has 0 spiro atoms. The molecule has 0 unspecified atom stereocenters. The predicted octanol–water partition coefficient (Wildman–Crippen LogP) is 2.00. The highest BCUT2D eigenvalue weighted by molar-refractivity contribution is 5.74. The first-order valence-electron chi connectivity index (χ1n) is 6.64. The summed E-state index contributed by atoms with van der Waals surface area (Å²) in [6.45, 7) is 9.82. The molecule has 4 nitrogen and oxygen atoms in total. The molecule has 0 bridgehead atoms. The Hall–Kier alpha value is -0.770. The molecule has 0 amide bonds. The lowest BCUT2D eigenvalue weighted by atomic mass is 9.97. The lowest BCUT2D eigenvalue weighted by Crippen LogP contribution is -2.39. The van der Waals surface area contributed by atoms with Gasteiger partial charge in [0, 0.05) is 18.6 Å². The Balaban J connectivity index is 4.06. The summed E-state index contributed by atoms with van der Waals surface area (Å²) in [6, 6.07) is 1.21. The molecule has 0 aliphatic heterocycles. The normalized spacial score (nSPS) is 13.4. The van der Waals surface area contributed by atoms with E-state index in [2.05, 4.69) is 45.0 Å². The minimum absolute atomic E-state index is 0.0719. The second-order valence-corrected chi connectivity index (χ2v) is 5.53. The van der Waals surface area contributed by atoms with Crippen molar-refractivity contribution in [3.63, 3.8) is 0 Å². The SMILES string of the molecule is CC(C)C[C@H](CCCNC(=N)N)N(C)C(C)C. The van der Waals surface area contributed by atoms with E-state index in [0.717, 1.165) is 25.3 Å². The van der Waals surface area contributed by atoms with Gasteiger partial charge in [-0.1, -0.05) is 13.8 Å². The van der Waals surface area contributed by atoms with Gasteiger partial charge in [0.1, 0.15) is 0 Å². The molecule has 0 saturated carbocycles. The highest BCUT2D eigenvalue weighted by Gasteiger charge is 2.17. The maximum atomic E-state index is 7.10. The predicted molar refractivity (Wildman–Crippen MR) is 75.3 cm³/mol. The number of nitrogens with one attached hydrogen (secondary N) is 2. The van der Waals surface area contributed by atoms with Gasteiger partial charge in [0.05, 0.1) is 0 Å². The van der Waals surface area contributed by atoms with Gasteiger partial charge in [-0.3, -0.25) is 5.41 Å². The highest BCUT2D eigenvalue weighted by atomic mass is 15.1. The molecule has 102 valence electrons.